The fourth-order valence-corrected chi connectivity index (χ4v) is 2.33. The van der Waals surface area contributed by atoms with E-state index >= 15 is 0 Å². The minimum Gasteiger partial charge on any atom is -0.497 e. The lowest BCUT2D eigenvalue weighted by Crippen LogP contribution is -2.15. The van der Waals surface area contributed by atoms with Gasteiger partial charge in [-0.05, 0) is 42.3 Å². The number of hydrogen-bond acceptors (Lipinski definition) is 4. The van der Waals surface area contributed by atoms with Crippen molar-refractivity contribution in [2.24, 2.45) is 0 Å². The summed E-state index contributed by atoms with van der Waals surface area (Å²) in [7, 11) is 1.63. The minimum absolute atomic E-state index is 0.0628. The summed E-state index contributed by atoms with van der Waals surface area (Å²) in [5, 5.41) is 7.06. The maximum Gasteiger partial charge on any atom is 0.224 e. The Morgan fingerprint density at radius 2 is 2.00 bits per heavy atom. The van der Waals surface area contributed by atoms with Crippen molar-refractivity contribution in [3.05, 3.63) is 66.6 Å². The van der Waals surface area contributed by atoms with Crippen molar-refractivity contribution in [2.75, 3.05) is 12.4 Å². The molecule has 2 aromatic heterocycles. The van der Waals surface area contributed by atoms with Crippen LogP contribution >= 0.6 is 0 Å². The highest BCUT2D eigenvalue weighted by molar-refractivity contribution is 5.92. The molecular formula is C18H18N4O2. The third-order valence-corrected chi connectivity index (χ3v) is 3.58. The zero-order valence-electron chi connectivity index (χ0n) is 13.3. The van der Waals surface area contributed by atoms with Gasteiger partial charge in [0.1, 0.15) is 5.75 Å². The Balaban J connectivity index is 1.63. The topological polar surface area (TPSA) is 69.0 Å². The van der Waals surface area contributed by atoms with Gasteiger partial charge in [-0.25, -0.2) is 9.67 Å². The number of ether oxygens (including phenoxy) is 1. The molecule has 3 aromatic rings. The van der Waals surface area contributed by atoms with Gasteiger partial charge in [0.25, 0.3) is 0 Å². The van der Waals surface area contributed by atoms with E-state index in [1.165, 1.54) is 0 Å². The van der Waals surface area contributed by atoms with Gasteiger partial charge in [0.2, 0.25) is 5.91 Å². The summed E-state index contributed by atoms with van der Waals surface area (Å²) < 4.78 is 6.75. The highest BCUT2D eigenvalue weighted by atomic mass is 16.5. The fraction of sp³-hybridized carbons (Fsp3) is 0.167. The Hall–Kier alpha value is -3.15. The molecule has 0 bridgehead atoms. The van der Waals surface area contributed by atoms with Crippen molar-refractivity contribution in [3.63, 3.8) is 0 Å². The number of nitrogens with zero attached hydrogens (tertiary/aromatic N) is 3. The summed E-state index contributed by atoms with van der Waals surface area (Å²) in [4.78, 5) is 16.5. The van der Waals surface area contributed by atoms with Crippen LogP contribution in [0.3, 0.4) is 0 Å². The molecule has 122 valence electrons. The normalized spacial score (nSPS) is 10.4. The van der Waals surface area contributed by atoms with Crippen molar-refractivity contribution in [1.29, 1.82) is 0 Å². The molecule has 0 aliphatic carbocycles. The Morgan fingerprint density at radius 1 is 1.17 bits per heavy atom. The van der Waals surface area contributed by atoms with E-state index in [0.717, 1.165) is 11.3 Å². The van der Waals surface area contributed by atoms with E-state index in [0.29, 0.717) is 24.3 Å². The number of aromatic nitrogens is 3. The number of pyridine rings is 1. The van der Waals surface area contributed by atoms with Crippen LogP contribution in [0.1, 0.15) is 12.0 Å². The molecule has 1 N–H and O–H groups in total. The maximum atomic E-state index is 12.2. The van der Waals surface area contributed by atoms with Crippen LogP contribution in [0.15, 0.2) is 61.1 Å². The number of amides is 1. The first-order chi connectivity index (χ1) is 11.8. The lowest BCUT2D eigenvalue weighted by molar-refractivity contribution is -0.116. The van der Waals surface area contributed by atoms with E-state index in [9.17, 15) is 4.79 Å². The standard InChI is InChI=1S/C18H18N4O2/c1-24-15-8-5-14(6-9-15)7-10-17(23)21-16-4-2-11-19-18(16)22-13-3-12-20-22/h2-6,8-9,11-13H,7,10H2,1H3,(H,21,23). The summed E-state index contributed by atoms with van der Waals surface area (Å²) in [5.41, 5.74) is 1.73. The number of aryl methyl sites for hydroxylation is 1. The number of carbonyl (C=O) groups excluding carboxylic acids is 1. The lowest BCUT2D eigenvalue weighted by atomic mass is 10.1. The molecule has 0 atom stereocenters. The van der Waals surface area contributed by atoms with Crippen LogP contribution in [0, 0.1) is 0 Å². The van der Waals surface area contributed by atoms with E-state index in [2.05, 4.69) is 15.4 Å². The van der Waals surface area contributed by atoms with E-state index in [-0.39, 0.29) is 5.91 Å². The molecule has 0 spiro atoms. The molecule has 2 heterocycles. The van der Waals surface area contributed by atoms with Gasteiger partial charge in [-0.2, -0.15) is 5.10 Å². The molecule has 1 amide bonds. The zero-order valence-corrected chi connectivity index (χ0v) is 13.3. The number of anilines is 1. The van der Waals surface area contributed by atoms with Crippen LogP contribution in [-0.2, 0) is 11.2 Å². The van der Waals surface area contributed by atoms with Gasteiger partial charge < -0.3 is 10.1 Å². The van der Waals surface area contributed by atoms with Gasteiger partial charge in [-0.1, -0.05) is 12.1 Å². The van der Waals surface area contributed by atoms with Crippen molar-refractivity contribution >= 4 is 11.6 Å². The molecule has 0 saturated carbocycles. The molecule has 0 fully saturated rings. The van der Waals surface area contributed by atoms with E-state index < -0.39 is 0 Å². The quantitative estimate of drug-likeness (QED) is 0.757. The molecule has 24 heavy (non-hydrogen) atoms. The lowest BCUT2D eigenvalue weighted by Gasteiger charge is -2.10. The average molecular weight is 322 g/mol. The molecule has 0 aliphatic heterocycles. The Bertz CT molecular complexity index is 798. The van der Waals surface area contributed by atoms with Crippen LogP contribution in [0.5, 0.6) is 5.75 Å². The van der Waals surface area contributed by atoms with Gasteiger partial charge in [0.15, 0.2) is 5.82 Å². The second-order valence-electron chi connectivity index (χ2n) is 5.22. The molecule has 1 aromatic carbocycles. The minimum atomic E-state index is -0.0628. The maximum absolute atomic E-state index is 12.2. The third-order valence-electron chi connectivity index (χ3n) is 3.58. The zero-order chi connectivity index (χ0) is 16.8. The fourth-order valence-electron chi connectivity index (χ4n) is 2.33. The molecule has 3 rings (SSSR count). The first kappa shape index (κ1) is 15.7. The summed E-state index contributed by atoms with van der Waals surface area (Å²) in [6, 6.07) is 13.1. The van der Waals surface area contributed by atoms with Gasteiger partial charge in [0.05, 0.1) is 12.8 Å². The SMILES string of the molecule is COc1ccc(CCC(=O)Nc2cccnc2-n2cccn2)cc1. The molecule has 0 saturated heterocycles. The van der Waals surface area contributed by atoms with Crippen LogP contribution < -0.4 is 10.1 Å². The summed E-state index contributed by atoms with van der Waals surface area (Å²) in [6.07, 6.45) is 6.18. The number of hydrogen-bond donors (Lipinski definition) is 1. The summed E-state index contributed by atoms with van der Waals surface area (Å²) >= 11 is 0. The number of benzene rings is 1. The Kier molecular flexibility index (Phi) is 4.86. The molecule has 6 nitrogen and oxygen atoms in total. The monoisotopic (exact) mass is 322 g/mol. The van der Waals surface area contributed by atoms with Gasteiger partial charge in [-0.3, -0.25) is 4.79 Å². The smallest absolute Gasteiger partial charge is 0.224 e. The first-order valence-corrected chi connectivity index (χ1v) is 7.64. The van der Waals surface area contributed by atoms with Crippen LogP contribution in [0.2, 0.25) is 0 Å². The van der Waals surface area contributed by atoms with Crippen molar-refractivity contribution in [3.8, 4) is 11.6 Å². The van der Waals surface area contributed by atoms with Gasteiger partial charge in [-0.15, -0.1) is 0 Å². The van der Waals surface area contributed by atoms with Crippen molar-refractivity contribution < 1.29 is 9.53 Å². The van der Waals surface area contributed by atoms with E-state index in [1.54, 1.807) is 36.4 Å². The van der Waals surface area contributed by atoms with Crippen LogP contribution in [0.4, 0.5) is 5.69 Å². The predicted molar refractivity (Wildman–Crippen MR) is 91.3 cm³/mol. The highest BCUT2D eigenvalue weighted by Gasteiger charge is 2.09. The largest absolute Gasteiger partial charge is 0.497 e. The summed E-state index contributed by atoms with van der Waals surface area (Å²) in [6.45, 7) is 0. The number of rotatable bonds is 6. The third kappa shape index (κ3) is 3.78. The summed E-state index contributed by atoms with van der Waals surface area (Å²) in [5.74, 6) is 1.34. The Morgan fingerprint density at radius 3 is 2.71 bits per heavy atom. The average Bonchev–Trinajstić information content (AvgIpc) is 3.15. The predicted octanol–water partition coefficient (Wildman–Crippen LogP) is 2.85. The van der Waals surface area contributed by atoms with Crippen molar-refractivity contribution in [1.82, 2.24) is 14.8 Å². The highest BCUT2D eigenvalue weighted by Crippen LogP contribution is 2.17. The molecule has 0 radical (unpaired) electrons. The number of methoxy groups -OCH3 is 1. The Labute approximate surface area is 140 Å². The second kappa shape index (κ2) is 7.41. The molecule has 6 heteroatoms. The van der Waals surface area contributed by atoms with E-state index in [1.807, 2.05) is 36.4 Å². The second-order valence-corrected chi connectivity index (χ2v) is 5.22. The molecule has 0 unspecified atom stereocenters. The van der Waals surface area contributed by atoms with Crippen LogP contribution in [0.25, 0.3) is 5.82 Å². The van der Waals surface area contributed by atoms with Crippen molar-refractivity contribution in [2.45, 2.75) is 12.8 Å². The number of nitrogens with one attached hydrogen (secondary N) is 1. The van der Waals surface area contributed by atoms with E-state index in [4.69, 9.17) is 4.74 Å². The first-order valence-electron chi connectivity index (χ1n) is 7.64. The van der Waals surface area contributed by atoms with Gasteiger partial charge in [0, 0.05) is 25.0 Å². The number of carbonyl (C=O) groups is 1. The van der Waals surface area contributed by atoms with Gasteiger partial charge >= 0.3 is 0 Å². The molecular weight excluding hydrogens is 304 g/mol. The molecule has 0 aliphatic rings. The van der Waals surface area contributed by atoms with Crippen LogP contribution in [-0.4, -0.2) is 27.8 Å².